The summed E-state index contributed by atoms with van der Waals surface area (Å²) >= 11 is 0. The maximum atomic E-state index is 12.1. The zero-order valence-corrected chi connectivity index (χ0v) is 13.1. The molecule has 0 bridgehead atoms. The van der Waals surface area contributed by atoms with Gasteiger partial charge in [-0.15, -0.1) is 0 Å². The molecule has 2 amide bonds. The molecule has 8 heteroatoms. The number of hydrogen-bond acceptors (Lipinski definition) is 5. The number of urea groups is 1. The lowest BCUT2D eigenvalue weighted by molar-refractivity contribution is 0.249. The molecule has 7 nitrogen and oxygen atoms in total. The molecular formula is C15H15N3O4S. The average Bonchev–Trinajstić information content (AvgIpc) is 2.49. The highest BCUT2D eigenvalue weighted by atomic mass is 32.2. The number of carbonyl (C=O) groups is 1. The smallest absolute Gasteiger partial charge is 0.339 e. The molecule has 0 fully saturated rings. The summed E-state index contributed by atoms with van der Waals surface area (Å²) in [6.07, 6.45) is 1.36. The number of primary amides is 1. The molecule has 0 heterocycles. The second-order valence-electron chi connectivity index (χ2n) is 4.65. The monoisotopic (exact) mass is 333 g/mol. The summed E-state index contributed by atoms with van der Waals surface area (Å²) in [7, 11) is -3.88. The van der Waals surface area contributed by atoms with Gasteiger partial charge in [-0.1, -0.05) is 17.7 Å². The molecule has 0 radical (unpaired) electrons. The normalized spacial score (nSPS) is 11.3. The Morgan fingerprint density at radius 2 is 1.74 bits per heavy atom. The third-order valence-corrected chi connectivity index (χ3v) is 4.05. The number of nitrogens with zero attached hydrogens (tertiary/aromatic N) is 1. The zero-order valence-electron chi connectivity index (χ0n) is 12.3. The zero-order chi connectivity index (χ0) is 16.9. The number of nitrogens with two attached hydrogens (primary N) is 1. The van der Waals surface area contributed by atoms with Gasteiger partial charge in [0, 0.05) is 0 Å². The summed E-state index contributed by atoms with van der Waals surface area (Å²) < 4.78 is 29.3. The van der Waals surface area contributed by atoms with E-state index in [2.05, 4.69) is 10.5 Å². The SMILES string of the molecule is Cc1ccc(S(=O)(=O)Oc2ccc(C=NNC(N)=O)cc2)cc1. The fourth-order valence-electron chi connectivity index (χ4n) is 1.66. The highest BCUT2D eigenvalue weighted by molar-refractivity contribution is 7.87. The Bertz CT molecular complexity index is 813. The van der Waals surface area contributed by atoms with E-state index in [0.717, 1.165) is 5.56 Å². The Morgan fingerprint density at radius 1 is 1.13 bits per heavy atom. The molecule has 0 aromatic heterocycles. The molecule has 2 aromatic carbocycles. The first-order chi connectivity index (χ1) is 10.9. The van der Waals surface area contributed by atoms with Gasteiger partial charge >= 0.3 is 16.1 Å². The summed E-state index contributed by atoms with van der Waals surface area (Å²) in [5.41, 5.74) is 8.51. The molecule has 0 saturated carbocycles. The fourth-order valence-corrected chi connectivity index (χ4v) is 2.59. The van der Waals surface area contributed by atoms with E-state index in [1.807, 2.05) is 6.92 Å². The van der Waals surface area contributed by atoms with Gasteiger partial charge in [-0.25, -0.2) is 10.2 Å². The van der Waals surface area contributed by atoms with Crippen molar-refractivity contribution in [2.45, 2.75) is 11.8 Å². The van der Waals surface area contributed by atoms with E-state index in [4.69, 9.17) is 9.92 Å². The van der Waals surface area contributed by atoms with Gasteiger partial charge in [0.1, 0.15) is 10.6 Å². The van der Waals surface area contributed by atoms with Gasteiger partial charge in [0.05, 0.1) is 6.21 Å². The van der Waals surface area contributed by atoms with Crippen molar-refractivity contribution in [3.05, 3.63) is 59.7 Å². The van der Waals surface area contributed by atoms with E-state index in [1.165, 1.54) is 30.5 Å². The number of nitrogens with one attached hydrogen (secondary N) is 1. The lowest BCUT2D eigenvalue weighted by Gasteiger charge is -2.07. The van der Waals surface area contributed by atoms with Crippen molar-refractivity contribution in [3.8, 4) is 5.75 Å². The lowest BCUT2D eigenvalue weighted by atomic mass is 10.2. The molecule has 0 atom stereocenters. The minimum atomic E-state index is -3.88. The molecule has 0 spiro atoms. The van der Waals surface area contributed by atoms with Crippen molar-refractivity contribution in [1.29, 1.82) is 0 Å². The van der Waals surface area contributed by atoms with E-state index in [1.54, 1.807) is 24.3 Å². The van der Waals surface area contributed by atoms with E-state index >= 15 is 0 Å². The van der Waals surface area contributed by atoms with Crippen LogP contribution in [0.1, 0.15) is 11.1 Å². The van der Waals surface area contributed by atoms with E-state index < -0.39 is 16.1 Å². The Morgan fingerprint density at radius 3 is 2.30 bits per heavy atom. The summed E-state index contributed by atoms with van der Waals surface area (Å²) in [6, 6.07) is 11.7. The van der Waals surface area contributed by atoms with E-state index in [9.17, 15) is 13.2 Å². The number of aryl methyl sites for hydroxylation is 1. The topological polar surface area (TPSA) is 111 Å². The van der Waals surface area contributed by atoms with Crippen LogP contribution in [0.2, 0.25) is 0 Å². The van der Waals surface area contributed by atoms with Crippen LogP contribution in [0.15, 0.2) is 58.5 Å². The summed E-state index contributed by atoms with van der Waals surface area (Å²) in [6.45, 7) is 1.87. The Kier molecular flexibility index (Phi) is 4.97. The Labute approximate surface area is 133 Å². The third kappa shape index (κ3) is 4.82. The van der Waals surface area contributed by atoms with Crippen LogP contribution < -0.4 is 15.3 Å². The standard InChI is InChI=1S/C15H15N3O4S/c1-11-2-8-14(9-3-11)23(20,21)22-13-6-4-12(5-7-13)10-17-18-15(16)19/h2-10H,1H3,(H3,16,18,19). The quantitative estimate of drug-likeness (QED) is 0.493. The summed E-state index contributed by atoms with van der Waals surface area (Å²) in [4.78, 5) is 10.5. The molecule has 23 heavy (non-hydrogen) atoms. The van der Waals surface area contributed by atoms with Gasteiger partial charge in [0.15, 0.2) is 0 Å². The third-order valence-electron chi connectivity index (χ3n) is 2.78. The molecule has 0 aliphatic heterocycles. The van der Waals surface area contributed by atoms with Gasteiger partial charge in [0.2, 0.25) is 0 Å². The van der Waals surface area contributed by atoms with Crippen LogP contribution in [-0.2, 0) is 10.1 Å². The molecule has 0 aliphatic carbocycles. The molecule has 0 unspecified atom stereocenters. The number of benzene rings is 2. The van der Waals surface area contributed by atoms with Crippen LogP contribution in [0.4, 0.5) is 4.79 Å². The minimum Gasteiger partial charge on any atom is -0.379 e. The molecule has 2 aromatic rings. The van der Waals surface area contributed by atoms with Crippen LogP contribution >= 0.6 is 0 Å². The van der Waals surface area contributed by atoms with Crippen molar-refractivity contribution in [1.82, 2.24) is 5.43 Å². The highest BCUT2D eigenvalue weighted by Gasteiger charge is 2.16. The number of carbonyl (C=O) groups excluding carboxylic acids is 1. The second-order valence-corrected chi connectivity index (χ2v) is 6.20. The second kappa shape index (κ2) is 6.93. The molecule has 120 valence electrons. The Balaban J connectivity index is 2.09. The fraction of sp³-hybridized carbons (Fsp3) is 0.0667. The van der Waals surface area contributed by atoms with Crippen molar-refractivity contribution < 1.29 is 17.4 Å². The van der Waals surface area contributed by atoms with Gasteiger partial charge in [-0.2, -0.15) is 13.5 Å². The predicted molar refractivity (Wildman–Crippen MR) is 85.7 cm³/mol. The maximum Gasteiger partial charge on any atom is 0.339 e. The Hall–Kier alpha value is -2.87. The predicted octanol–water partition coefficient (Wildman–Crippen LogP) is 1.76. The lowest BCUT2D eigenvalue weighted by Crippen LogP contribution is -2.24. The molecule has 0 saturated heterocycles. The number of amides is 2. The molecule has 3 N–H and O–H groups in total. The van der Waals surface area contributed by atoms with Gasteiger partial charge in [0.25, 0.3) is 0 Å². The molecular weight excluding hydrogens is 318 g/mol. The average molecular weight is 333 g/mol. The summed E-state index contributed by atoms with van der Waals surface area (Å²) in [5, 5.41) is 3.59. The molecule has 0 aliphatic rings. The number of rotatable bonds is 5. The van der Waals surface area contributed by atoms with Gasteiger partial charge in [-0.05, 0) is 48.9 Å². The van der Waals surface area contributed by atoms with Crippen LogP contribution in [0.25, 0.3) is 0 Å². The maximum absolute atomic E-state index is 12.1. The summed E-state index contributed by atoms with van der Waals surface area (Å²) in [5.74, 6) is 0.172. The van der Waals surface area contributed by atoms with Crippen molar-refractivity contribution in [2.24, 2.45) is 10.8 Å². The van der Waals surface area contributed by atoms with Crippen LogP contribution in [0.3, 0.4) is 0 Å². The van der Waals surface area contributed by atoms with Crippen molar-refractivity contribution >= 4 is 22.4 Å². The van der Waals surface area contributed by atoms with E-state index in [0.29, 0.717) is 5.56 Å². The van der Waals surface area contributed by atoms with Gasteiger partial charge in [-0.3, -0.25) is 0 Å². The minimum absolute atomic E-state index is 0.0828. The van der Waals surface area contributed by atoms with E-state index in [-0.39, 0.29) is 10.6 Å². The van der Waals surface area contributed by atoms with Gasteiger partial charge < -0.3 is 9.92 Å². The van der Waals surface area contributed by atoms with Crippen molar-refractivity contribution in [2.75, 3.05) is 0 Å². The molecule has 2 rings (SSSR count). The van der Waals surface area contributed by atoms with Crippen molar-refractivity contribution in [3.63, 3.8) is 0 Å². The first kappa shape index (κ1) is 16.5. The van der Waals surface area contributed by atoms with Crippen LogP contribution in [0.5, 0.6) is 5.75 Å². The number of hydrazone groups is 1. The largest absolute Gasteiger partial charge is 0.379 e. The van der Waals surface area contributed by atoms with Crippen LogP contribution in [0, 0.1) is 6.92 Å². The first-order valence-electron chi connectivity index (χ1n) is 6.56. The van der Waals surface area contributed by atoms with Crippen LogP contribution in [-0.4, -0.2) is 20.7 Å². The highest BCUT2D eigenvalue weighted by Crippen LogP contribution is 2.19. The first-order valence-corrected chi connectivity index (χ1v) is 7.97. The number of hydrogen-bond donors (Lipinski definition) is 2.